The van der Waals surface area contributed by atoms with E-state index in [0.717, 1.165) is 25.7 Å². The van der Waals surface area contributed by atoms with Crippen molar-refractivity contribution < 1.29 is 4.79 Å². The fourth-order valence-corrected chi connectivity index (χ4v) is 5.01. The van der Waals surface area contributed by atoms with Crippen LogP contribution in [0, 0.1) is 0 Å². The van der Waals surface area contributed by atoms with Gasteiger partial charge in [-0.3, -0.25) is 18.9 Å². The summed E-state index contributed by atoms with van der Waals surface area (Å²) in [5, 5.41) is 3.11. The third-order valence-corrected chi connectivity index (χ3v) is 6.30. The van der Waals surface area contributed by atoms with Crippen molar-refractivity contribution in [3.63, 3.8) is 0 Å². The number of pyridine rings is 1. The van der Waals surface area contributed by atoms with Crippen LogP contribution in [0.25, 0.3) is 11.7 Å². The molecular formula is C20H20N4O2S2. The molecule has 8 heteroatoms. The molecule has 28 heavy (non-hydrogen) atoms. The average molecular weight is 413 g/mol. The van der Waals surface area contributed by atoms with E-state index < -0.39 is 0 Å². The molecule has 1 aliphatic heterocycles. The number of anilines is 1. The highest BCUT2D eigenvalue weighted by molar-refractivity contribution is 8.26. The van der Waals surface area contributed by atoms with Crippen LogP contribution >= 0.6 is 24.0 Å². The summed E-state index contributed by atoms with van der Waals surface area (Å²) in [6.07, 6.45) is 9.17. The van der Waals surface area contributed by atoms with E-state index in [4.69, 9.17) is 12.2 Å². The Hall–Kier alpha value is -2.45. The van der Waals surface area contributed by atoms with Crippen LogP contribution in [0.1, 0.15) is 31.2 Å². The SMILES string of the molecule is C=CCNc1nc2ccccn2c(=O)c1C=C1SC(=S)N(C2CCCC2)C1=O. The predicted octanol–water partition coefficient (Wildman–Crippen LogP) is 3.44. The van der Waals surface area contributed by atoms with Crippen molar-refractivity contribution in [1.29, 1.82) is 0 Å². The van der Waals surface area contributed by atoms with Crippen molar-refractivity contribution in [2.24, 2.45) is 0 Å². The Balaban J connectivity index is 1.78. The number of fused-ring (bicyclic) bond motifs is 1. The van der Waals surface area contributed by atoms with E-state index in [-0.39, 0.29) is 17.5 Å². The van der Waals surface area contributed by atoms with Gasteiger partial charge in [0.05, 0.1) is 10.5 Å². The van der Waals surface area contributed by atoms with Gasteiger partial charge < -0.3 is 5.32 Å². The van der Waals surface area contributed by atoms with Crippen LogP contribution in [-0.2, 0) is 4.79 Å². The zero-order chi connectivity index (χ0) is 19.7. The number of thiocarbonyl (C=S) groups is 1. The number of hydrogen-bond donors (Lipinski definition) is 1. The molecule has 2 aromatic heterocycles. The maximum atomic E-state index is 13.1. The van der Waals surface area contributed by atoms with Gasteiger partial charge in [-0.1, -0.05) is 49.0 Å². The van der Waals surface area contributed by atoms with Crippen molar-refractivity contribution in [3.8, 4) is 0 Å². The number of hydrogen-bond acceptors (Lipinski definition) is 6. The highest BCUT2D eigenvalue weighted by Crippen LogP contribution is 2.38. The molecule has 1 N–H and O–H groups in total. The molecule has 4 rings (SSSR count). The molecule has 1 amide bonds. The smallest absolute Gasteiger partial charge is 0.267 e. The number of nitrogens with one attached hydrogen (secondary N) is 1. The lowest BCUT2D eigenvalue weighted by Crippen LogP contribution is -2.36. The quantitative estimate of drug-likeness (QED) is 0.461. The molecular weight excluding hydrogens is 392 g/mol. The van der Waals surface area contributed by atoms with Crippen LogP contribution in [0.5, 0.6) is 0 Å². The largest absolute Gasteiger partial charge is 0.366 e. The molecule has 0 spiro atoms. The highest BCUT2D eigenvalue weighted by atomic mass is 32.2. The summed E-state index contributed by atoms with van der Waals surface area (Å²) in [7, 11) is 0. The van der Waals surface area contributed by atoms with E-state index >= 15 is 0 Å². The Bertz CT molecular complexity index is 1050. The second-order valence-corrected chi connectivity index (χ2v) is 8.44. The van der Waals surface area contributed by atoms with Gasteiger partial charge in [0.25, 0.3) is 11.5 Å². The summed E-state index contributed by atoms with van der Waals surface area (Å²) in [5.74, 6) is 0.316. The number of carbonyl (C=O) groups is 1. The second kappa shape index (κ2) is 7.89. The van der Waals surface area contributed by atoms with Crippen LogP contribution in [0.4, 0.5) is 5.82 Å². The van der Waals surface area contributed by atoms with Crippen molar-refractivity contribution in [3.05, 3.63) is 57.9 Å². The lowest BCUT2D eigenvalue weighted by Gasteiger charge is -2.21. The minimum absolute atomic E-state index is 0.117. The first-order chi connectivity index (χ1) is 13.6. The van der Waals surface area contributed by atoms with Gasteiger partial charge in [0.15, 0.2) is 0 Å². The standard InChI is InChI=1S/C20H20N4O2S2/c1-2-10-21-17-14(18(25)23-11-6-5-9-16(23)22-17)12-15-19(26)24(20(27)28-15)13-7-3-4-8-13/h2,5-6,9,11-13,21H,1,3-4,7-8,10H2. The third-order valence-electron chi connectivity index (χ3n) is 4.97. The molecule has 0 bridgehead atoms. The van der Waals surface area contributed by atoms with E-state index in [9.17, 15) is 9.59 Å². The molecule has 6 nitrogen and oxygen atoms in total. The van der Waals surface area contributed by atoms with Crippen LogP contribution in [0.15, 0.2) is 46.8 Å². The molecule has 1 aliphatic carbocycles. The van der Waals surface area contributed by atoms with Crippen molar-refractivity contribution in [1.82, 2.24) is 14.3 Å². The first-order valence-electron chi connectivity index (χ1n) is 9.23. The van der Waals surface area contributed by atoms with Gasteiger partial charge in [0.2, 0.25) is 0 Å². The molecule has 0 aromatic carbocycles. The molecule has 3 heterocycles. The topological polar surface area (TPSA) is 66.7 Å². The second-order valence-electron chi connectivity index (χ2n) is 6.77. The normalized spacial score (nSPS) is 19.1. The fourth-order valence-electron chi connectivity index (χ4n) is 3.62. The summed E-state index contributed by atoms with van der Waals surface area (Å²) in [5.41, 5.74) is 0.649. The Morgan fingerprint density at radius 3 is 2.86 bits per heavy atom. The maximum Gasteiger partial charge on any atom is 0.267 e. The summed E-state index contributed by atoms with van der Waals surface area (Å²) in [4.78, 5) is 32.8. The van der Waals surface area contributed by atoms with E-state index in [2.05, 4.69) is 16.9 Å². The molecule has 0 unspecified atom stereocenters. The summed E-state index contributed by atoms with van der Waals surface area (Å²) in [6.45, 7) is 4.16. The number of thioether (sulfide) groups is 1. The third kappa shape index (κ3) is 3.38. The van der Waals surface area contributed by atoms with Crippen molar-refractivity contribution >= 4 is 51.7 Å². The highest BCUT2D eigenvalue weighted by Gasteiger charge is 2.38. The molecule has 144 valence electrons. The maximum absolute atomic E-state index is 13.1. The Kier molecular flexibility index (Phi) is 5.32. The van der Waals surface area contributed by atoms with Crippen molar-refractivity contribution in [2.75, 3.05) is 11.9 Å². The minimum atomic E-state index is -0.233. The van der Waals surface area contributed by atoms with Crippen LogP contribution < -0.4 is 10.9 Å². The molecule has 0 atom stereocenters. The van der Waals surface area contributed by atoms with E-state index in [1.165, 1.54) is 16.2 Å². The monoisotopic (exact) mass is 412 g/mol. The first kappa shape index (κ1) is 18.9. The summed E-state index contributed by atoms with van der Waals surface area (Å²) >= 11 is 6.71. The number of amides is 1. The van der Waals surface area contributed by atoms with Gasteiger partial charge in [0.1, 0.15) is 15.8 Å². The zero-order valence-corrected chi connectivity index (χ0v) is 16.9. The predicted molar refractivity (Wildman–Crippen MR) is 117 cm³/mol. The summed E-state index contributed by atoms with van der Waals surface area (Å²) in [6, 6.07) is 5.54. The number of carbonyl (C=O) groups excluding carboxylic acids is 1. The van der Waals surface area contributed by atoms with E-state index in [0.29, 0.717) is 32.8 Å². The molecule has 2 aliphatic rings. The summed E-state index contributed by atoms with van der Waals surface area (Å²) < 4.78 is 2.04. The average Bonchev–Trinajstić information content (AvgIpc) is 3.30. The molecule has 1 saturated heterocycles. The molecule has 0 radical (unpaired) electrons. The van der Waals surface area contributed by atoms with Crippen LogP contribution in [0.2, 0.25) is 0 Å². The number of aromatic nitrogens is 2. The van der Waals surface area contributed by atoms with Crippen molar-refractivity contribution in [2.45, 2.75) is 31.7 Å². The van der Waals surface area contributed by atoms with Gasteiger partial charge >= 0.3 is 0 Å². The van der Waals surface area contributed by atoms with Gasteiger partial charge in [-0.15, -0.1) is 6.58 Å². The van der Waals surface area contributed by atoms with Crippen LogP contribution in [-0.4, -0.2) is 37.1 Å². The molecule has 1 saturated carbocycles. The van der Waals surface area contributed by atoms with E-state index in [1.54, 1.807) is 35.4 Å². The van der Waals surface area contributed by atoms with Gasteiger partial charge in [-0.2, -0.15) is 0 Å². The fraction of sp³-hybridized carbons (Fsp3) is 0.300. The lowest BCUT2D eigenvalue weighted by atomic mass is 10.2. The van der Waals surface area contributed by atoms with Gasteiger partial charge in [-0.25, -0.2) is 4.98 Å². The molecule has 2 fully saturated rings. The molecule has 2 aromatic rings. The van der Waals surface area contributed by atoms with E-state index in [1.807, 2.05) is 6.07 Å². The number of rotatable bonds is 5. The zero-order valence-electron chi connectivity index (χ0n) is 15.3. The number of nitrogens with zero attached hydrogens (tertiary/aromatic N) is 3. The lowest BCUT2D eigenvalue weighted by molar-refractivity contribution is -0.123. The van der Waals surface area contributed by atoms with Gasteiger partial charge in [0, 0.05) is 18.8 Å². The first-order valence-corrected chi connectivity index (χ1v) is 10.5. The Morgan fingerprint density at radius 1 is 1.32 bits per heavy atom. The Morgan fingerprint density at radius 2 is 2.11 bits per heavy atom. The van der Waals surface area contributed by atoms with Crippen LogP contribution in [0.3, 0.4) is 0 Å². The minimum Gasteiger partial charge on any atom is -0.366 e. The Labute approximate surface area is 172 Å². The van der Waals surface area contributed by atoms with Gasteiger partial charge in [-0.05, 0) is 31.1 Å².